The fourth-order valence-electron chi connectivity index (χ4n) is 3.40. The van der Waals surface area contributed by atoms with Crippen molar-refractivity contribution in [1.82, 2.24) is 19.7 Å². The van der Waals surface area contributed by atoms with E-state index in [0.29, 0.717) is 10.9 Å². The first-order valence-electron chi connectivity index (χ1n) is 10.1. The predicted molar refractivity (Wildman–Crippen MR) is 114 cm³/mol. The van der Waals surface area contributed by atoms with Crippen molar-refractivity contribution in [3.63, 3.8) is 0 Å². The van der Waals surface area contributed by atoms with Crippen molar-refractivity contribution in [2.24, 2.45) is 7.05 Å². The zero-order chi connectivity index (χ0) is 27.1. The van der Waals surface area contributed by atoms with Crippen LogP contribution in [-0.2, 0) is 23.2 Å². The predicted octanol–water partition coefficient (Wildman–Crippen LogP) is 3.22. The van der Waals surface area contributed by atoms with Crippen LogP contribution in [-0.4, -0.2) is 83.9 Å². The highest BCUT2D eigenvalue weighted by Crippen LogP contribution is 2.46. The van der Waals surface area contributed by atoms with Crippen LogP contribution in [0.15, 0.2) is 36.9 Å². The number of aliphatic carboxylic acids is 2. The lowest BCUT2D eigenvalue weighted by Crippen LogP contribution is -2.58. The van der Waals surface area contributed by atoms with E-state index in [1.54, 1.807) is 12.4 Å². The molecule has 0 bridgehead atoms. The number of nitrogens with zero attached hydrogens (tertiary/aromatic N) is 4. The molecule has 0 saturated carbocycles. The maximum Gasteiger partial charge on any atom is 0.490 e. The number of rotatable bonds is 4. The van der Waals surface area contributed by atoms with E-state index in [1.807, 2.05) is 30.1 Å². The van der Waals surface area contributed by atoms with E-state index in [9.17, 15) is 26.3 Å². The molecule has 0 radical (unpaired) electrons. The number of aryl methyl sites for hydroxylation is 1. The first-order chi connectivity index (χ1) is 16.6. The number of halogens is 6. The number of carboxylic acid groups (broad SMARTS) is 2. The number of pyridine rings is 1. The van der Waals surface area contributed by atoms with Crippen LogP contribution in [0.5, 0.6) is 5.75 Å². The summed E-state index contributed by atoms with van der Waals surface area (Å²) in [5.41, 5.74) is 1.29. The van der Waals surface area contributed by atoms with Gasteiger partial charge in [0.2, 0.25) is 0 Å². The van der Waals surface area contributed by atoms with Crippen molar-refractivity contribution in [2.45, 2.75) is 36.2 Å². The number of hydrogen-bond acceptors (Lipinski definition) is 7. The van der Waals surface area contributed by atoms with Crippen molar-refractivity contribution < 1.29 is 50.9 Å². The van der Waals surface area contributed by atoms with Gasteiger partial charge in [-0.2, -0.15) is 31.4 Å². The Hall–Kier alpha value is -3.01. The average Bonchev–Trinajstić information content (AvgIpc) is 3.34. The van der Waals surface area contributed by atoms with Crippen LogP contribution in [0.4, 0.5) is 26.3 Å². The molecule has 36 heavy (non-hydrogen) atoms. The molecular formula is C20H22F6N4O5S. The minimum Gasteiger partial charge on any atom is -0.488 e. The van der Waals surface area contributed by atoms with Crippen LogP contribution in [0, 0.1) is 0 Å². The summed E-state index contributed by atoms with van der Waals surface area (Å²) < 4.78 is 71.8. The van der Waals surface area contributed by atoms with Crippen molar-refractivity contribution >= 4 is 23.7 Å². The van der Waals surface area contributed by atoms with Crippen LogP contribution in [0.25, 0.3) is 0 Å². The van der Waals surface area contributed by atoms with Gasteiger partial charge in [0.1, 0.15) is 11.9 Å². The van der Waals surface area contributed by atoms with Crippen LogP contribution in [0.3, 0.4) is 0 Å². The molecule has 200 valence electrons. The summed E-state index contributed by atoms with van der Waals surface area (Å²) in [5.74, 6) is -3.55. The van der Waals surface area contributed by atoms with Crippen molar-refractivity contribution in [1.29, 1.82) is 0 Å². The second kappa shape index (κ2) is 11.8. The lowest BCUT2D eigenvalue weighted by atomic mass is 9.92. The van der Waals surface area contributed by atoms with Gasteiger partial charge in [0, 0.05) is 61.6 Å². The van der Waals surface area contributed by atoms with E-state index in [-0.39, 0.29) is 0 Å². The summed E-state index contributed by atoms with van der Waals surface area (Å²) in [6.07, 6.45) is -1.08. The quantitative estimate of drug-likeness (QED) is 0.560. The lowest BCUT2D eigenvalue weighted by molar-refractivity contribution is -0.193. The Bertz CT molecular complexity index is 988. The summed E-state index contributed by atoms with van der Waals surface area (Å²) >= 11 is 2.07. The van der Waals surface area contributed by atoms with Crippen LogP contribution < -0.4 is 4.74 Å². The Morgan fingerprint density at radius 1 is 1.14 bits per heavy atom. The lowest BCUT2D eigenvalue weighted by Gasteiger charge is -2.47. The van der Waals surface area contributed by atoms with Gasteiger partial charge in [-0.1, -0.05) is 0 Å². The first kappa shape index (κ1) is 29.2. The molecule has 4 heterocycles. The van der Waals surface area contributed by atoms with Crippen LogP contribution >= 0.6 is 11.8 Å². The second-order valence-electron chi connectivity index (χ2n) is 7.90. The third-order valence-electron chi connectivity index (χ3n) is 4.79. The van der Waals surface area contributed by atoms with Crippen LogP contribution in [0.2, 0.25) is 0 Å². The molecule has 2 fully saturated rings. The molecule has 9 nitrogen and oxygen atoms in total. The van der Waals surface area contributed by atoms with Crippen LogP contribution in [0.1, 0.15) is 12.0 Å². The molecule has 2 aliphatic rings. The Morgan fingerprint density at radius 2 is 1.72 bits per heavy atom. The van der Waals surface area contributed by atoms with Gasteiger partial charge in [-0.3, -0.25) is 14.6 Å². The molecule has 2 aromatic rings. The van der Waals surface area contributed by atoms with Crippen molar-refractivity contribution in [3.8, 4) is 5.75 Å². The Labute approximate surface area is 205 Å². The van der Waals surface area contributed by atoms with Gasteiger partial charge in [-0.25, -0.2) is 9.59 Å². The van der Waals surface area contributed by atoms with E-state index < -0.39 is 24.3 Å². The van der Waals surface area contributed by atoms with Gasteiger partial charge in [-0.15, -0.1) is 11.8 Å². The Kier molecular flexibility index (Phi) is 9.59. The van der Waals surface area contributed by atoms with E-state index in [2.05, 4.69) is 32.9 Å². The number of ether oxygens (including phenoxy) is 1. The topological polar surface area (TPSA) is 118 Å². The number of aromatic nitrogens is 3. The summed E-state index contributed by atoms with van der Waals surface area (Å²) in [5, 5.41) is 18.5. The molecule has 2 aliphatic heterocycles. The zero-order valence-electron chi connectivity index (χ0n) is 18.7. The van der Waals surface area contributed by atoms with Gasteiger partial charge >= 0.3 is 24.3 Å². The van der Waals surface area contributed by atoms with Gasteiger partial charge < -0.3 is 14.9 Å². The van der Waals surface area contributed by atoms with E-state index in [4.69, 9.17) is 24.5 Å². The molecule has 2 N–H and O–H groups in total. The normalized spacial score (nSPS) is 18.8. The molecule has 1 unspecified atom stereocenters. The molecule has 16 heteroatoms. The smallest absolute Gasteiger partial charge is 0.488 e. The number of alkyl halides is 6. The highest BCUT2D eigenvalue weighted by molar-refractivity contribution is 8.01. The Morgan fingerprint density at radius 3 is 2.17 bits per heavy atom. The fourth-order valence-corrected chi connectivity index (χ4v) is 4.98. The minimum absolute atomic E-state index is 0.315. The molecule has 1 spiro atoms. The van der Waals surface area contributed by atoms with Gasteiger partial charge in [0.05, 0.1) is 12.4 Å². The van der Waals surface area contributed by atoms with Crippen molar-refractivity contribution in [3.05, 3.63) is 42.5 Å². The Balaban J connectivity index is 0.000000271. The highest BCUT2D eigenvalue weighted by atomic mass is 32.2. The number of hydrogen-bond donors (Lipinski definition) is 2. The second-order valence-corrected chi connectivity index (χ2v) is 9.39. The number of carboxylic acids is 2. The zero-order valence-corrected chi connectivity index (χ0v) is 19.5. The van der Waals surface area contributed by atoms with E-state index >= 15 is 0 Å². The van der Waals surface area contributed by atoms with Gasteiger partial charge in [-0.05, 0) is 12.1 Å². The summed E-state index contributed by atoms with van der Waals surface area (Å²) in [6, 6.07) is 3.91. The van der Waals surface area contributed by atoms with Gasteiger partial charge in [0.15, 0.2) is 0 Å². The molecule has 1 atom stereocenters. The first-order valence-corrected chi connectivity index (χ1v) is 11.1. The number of thioether (sulfide) groups is 1. The van der Waals surface area contributed by atoms with E-state index in [1.165, 1.54) is 5.56 Å². The largest absolute Gasteiger partial charge is 0.490 e. The molecule has 0 aromatic carbocycles. The average molecular weight is 544 g/mol. The summed E-state index contributed by atoms with van der Waals surface area (Å²) in [7, 11) is 1.97. The molecule has 2 aromatic heterocycles. The standard InChI is InChI=1S/C16H20N4OS.2C2HF3O2/c1-19-8-13(6-18-19)9-20-11-16(12-20)5-15(10-22-16)21-14-3-2-4-17-7-14;2*3-2(4,5)1(6)7/h2-4,6-8,15H,5,9-12H2,1H3;2*(H,6,7). The molecule has 4 rings (SSSR count). The fraction of sp³-hybridized carbons (Fsp3) is 0.500. The maximum atomic E-state index is 10.6. The molecule has 0 aliphatic carbocycles. The third kappa shape index (κ3) is 9.22. The monoisotopic (exact) mass is 544 g/mol. The highest BCUT2D eigenvalue weighted by Gasteiger charge is 2.49. The van der Waals surface area contributed by atoms with E-state index in [0.717, 1.165) is 37.6 Å². The summed E-state index contributed by atoms with van der Waals surface area (Å²) in [4.78, 5) is 24.4. The molecule has 2 saturated heterocycles. The minimum atomic E-state index is -5.08. The maximum absolute atomic E-state index is 10.6. The molecular weight excluding hydrogens is 522 g/mol. The number of likely N-dealkylation sites (tertiary alicyclic amines) is 1. The van der Waals surface area contributed by atoms with Gasteiger partial charge in [0.25, 0.3) is 0 Å². The third-order valence-corrected chi connectivity index (χ3v) is 6.36. The SMILES string of the molecule is Cn1cc(CN2CC3(CC(Oc4cccnc4)CS3)C2)cn1.O=C(O)C(F)(F)F.O=C(O)C(F)(F)F. The van der Waals surface area contributed by atoms with Crippen molar-refractivity contribution in [2.75, 3.05) is 18.8 Å². The summed E-state index contributed by atoms with van der Waals surface area (Å²) in [6.45, 7) is 3.31. The number of carbonyl (C=O) groups is 2. The molecule has 0 amide bonds.